The fourth-order valence-corrected chi connectivity index (χ4v) is 2.08. The molecular weight excluding hydrogens is 282 g/mol. The quantitative estimate of drug-likeness (QED) is 0.910. The molecule has 1 aromatic heterocycles. The molecule has 2 N–H and O–H groups in total. The monoisotopic (exact) mass is 295 g/mol. The largest absolute Gasteiger partial charge is 0.394 e. The summed E-state index contributed by atoms with van der Waals surface area (Å²) in [5.74, 6) is 0. The molecule has 0 saturated carbocycles. The number of aliphatic hydroxyl groups excluding tert-OH is 1. The zero-order valence-electron chi connectivity index (χ0n) is 9.47. The number of imidazole rings is 1. The Labute approximate surface area is 108 Å². The topological polar surface area (TPSA) is 50.1 Å². The number of halogens is 1. The van der Waals surface area contributed by atoms with Crippen molar-refractivity contribution >= 4 is 21.6 Å². The molecule has 1 aromatic carbocycles. The summed E-state index contributed by atoms with van der Waals surface area (Å²) in [5.41, 5.74) is 1.90. The predicted octanol–water partition coefficient (Wildman–Crippen LogP) is 2.33. The lowest BCUT2D eigenvalue weighted by Crippen LogP contribution is -2.17. The average Bonchev–Trinajstić information content (AvgIpc) is 2.75. The van der Waals surface area contributed by atoms with E-state index in [0.717, 1.165) is 15.9 Å². The molecule has 0 aliphatic carbocycles. The molecule has 0 aliphatic rings. The smallest absolute Gasteiger partial charge is 0.0946 e. The van der Waals surface area contributed by atoms with Crippen molar-refractivity contribution in [3.8, 4) is 0 Å². The Morgan fingerprint density at radius 2 is 2.24 bits per heavy atom. The number of rotatable bonds is 4. The molecule has 0 radical (unpaired) electrons. The van der Waals surface area contributed by atoms with Gasteiger partial charge < -0.3 is 15.0 Å². The predicted molar refractivity (Wildman–Crippen MR) is 70.8 cm³/mol. The molecule has 1 atom stereocenters. The van der Waals surface area contributed by atoms with E-state index in [1.807, 2.05) is 35.9 Å². The Morgan fingerprint density at radius 1 is 1.47 bits per heavy atom. The van der Waals surface area contributed by atoms with Gasteiger partial charge in [-0.1, -0.05) is 12.1 Å². The molecule has 0 aliphatic heterocycles. The molecule has 2 rings (SSSR count). The van der Waals surface area contributed by atoms with Crippen molar-refractivity contribution in [2.45, 2.75) is 6.04 Å². The second-order valence-electron chi connectivity index (χ2n) is 3.79. The van der Waals surface area contributed by atoms with Crippen molar-refractivity contribution in [3.05, 3.63) is 47.0 Å². The number of benzene rings is 1. The summed E-state index contributed by atoms with van der Waals surface area (Å²) in [7, 11) is 1.91. The van der Waals surface area contributed by atoms with Crippen LogP contribution in [0.2, 0.25) is 0 Å². The van der Waals surface area contributed by atoms with Gasteiger partial charge >= 0.3 is 0 Å². The maximum Gasteiger partial charge on any atom is 0.0946 e. The Balaban J connectivity index is 2.22. The van der Waals surface area contributed by atoms with Crippen LogP contribution >= 0.6 is 15.9 Å². The Kier molecular flexibility index (Phi) is 3.81. The first kappa shape index (κ1) is 12.1. The minimum atomic E-state index is -0.166. The molecule has 90 valence electrons. The van der Waals surface area contributed by atoms with Crippen LogP contribution in [0.25, 0.3) is 0 Å². The summed E-state index contributed by atoms with van der Waals surface area (Å²) in [5, 5.41) is 12.7. The van der Waals surface area contributed by atoms with E-state index in [2.05, 4.69) is 26.2 Å². The van der Waals surface area contributed by atoms with E-state index in [-0.39, 0.29) is 12.6 Å². The summed E-state index contributed by atoms with van der Waals surface area (Å²) in [6, 6.07) is 7.66. The number of aryl methyl sites for hydroxylation is 1. The van der Waals surface area contributed by atoms with Crippen LogP contribution in [0.5, 0.6) is 0 Å². The van der Waals surface area contributed by atoms with Gasteiger partial charge in [-0.25, -0.2) is 4.98 Å². The molecule has 2 aromatic rings. The number of aliphatic hydroxyl groups is 1. The molecule has 0 spiro atoms. The summed E-state index contributed by atoms with van der Waals surface area (Å²) >= 11 is 3.47. The molecule has 1 heterocycles. The highest BCUT2D eigenvalue weighted by Crippen LogP contribution is 2.25. The van der Waals surface area contributed by atoms with Crippen molar-refractivity contribution in [1.82, 2.24) is 9.55 Å². The van der Waals surface area contributed by atoms with Crippen molar-refractivity contribution in [2.75, 3.05) is 11.9 Å². The number of nitrogens with one attached hydrogen (secondary N) is 1. The SMILES string of the molecule is Cn1cncc1C(CO)Nc1ccccc1Br. The van der Waals surface area contributed by atoms with E-state index in [9.17, 15) is 5.11 Å². The third-order valence-corrected chi connectivity index (χ3v) is 3.29. The molecule has 4 nitrogen and oxygen atoms in total. The maximum absolute atomic E-state index is 9.46. The van der Waals surface area contributed by atoms with Crippen LogP contribution in [0.1, 0.15) is 11.7 Å². The molecular formula is C12H14BrN3O. The van der Waals surface area contributed by atoms with Crippen LogP contribution < -0.4 is 5.32 Å². The fourth-order valence-electron chi connectivity index (χ4n) is 1.68. The lowest BCUT2D eigenvalue weighted by molar-refractivity contribution is 0.272. The van der Waals surface area contributed by atoms with Gasteiger partial charge in [0.05, 0.1) is 30.9 Å². The molecule has 0 fully saturated rings. The van der Waals surface area contributed by atoms with Crippen molar-refractivity contribution < 1.29 is 5.11 Å². The standard InChI is InChI=1S/C12H14BrN3O/c1-16-8-14-6-12(16)11(7-17)15-10-5-3-2-4-9(10)13/h2-6,8,11,15,17H,7H2,1H3. The first-order valence-corrected chi connectivity index (χ1v) is 6.10. The number of para-hydroxylation sites is 1. The summed E-state index contributed by atoms with van der Waals surface area (Å²) < 4.78 is 2.87. The molecule has 17 heavy (non-hydrogen) atoms. The van der Waals surface area contributed by atoms with Crippen LogP contribution in [0.4, 0.5) is 5.69 Å². The number of hydrogen-bond acceptors (Lipinski definition) is 3. The van der Waals surface area contributed by atoms with Gasteiger partial charge in [0, 0.05) is 17.2 Å². The van der Waals surface area contributed by atoms with Crippen LogP contribution in [0.3, 0.4) is 0 Å². The zero-order chi connectivity index (χ0) is 12.3. The number of nitrogens with zero attached hydrogens (tertiary/aromatic N) is 2. The molecule has 0 amide bonds. The van der Waals surface area contributed by atoms with E-state index in [1.165, 1.54) is 0 Å². The van der Waals surface area contributed by atoms with E-state index < -0.39 is 0 Å². The Bertz CT molecular complexity index is 498. The van der Waals surface area contributed by atoms with Crippen LogP contribution in [0.15, 0.2) is 41.3 Å². The van der Waals surface area contributed by atoms with E-state index in [0.29, 0.717) is 0 Å². The maximum atomic E-state index is 9.46. The number of hydrogen-bond donors (Lipinski definition) is 2. The van der Waals surface area contributed by atoms with Crippen molar-refractivity contribution in [3.63, 3.8) is 0 Å². The normalized spacial score (nSPS) is 12.4. The van der Waals surface area contributed by atoms with Gasteiger partial charge in [0.2, 0.25) is 0 Å². The molecule has 1 unspecified atom stereocenters. The second kappa shape index (κ2) is 5.33. The molecule has 0 saturated heterocycles. The van der Waals surface area contributed by atoms with Gasteiger partial charge in [0.15, 0.2) is 0 Å². The van der Waals surface area contributed by atoms with Gasteiger partial charge in [0.25, 0.3) is 0 Å². The van der Waals surface area contributed by atoms with Gasteiger partial charge in [-0.2, -0.15) is 0 Å². The third-order valence-electron chi connectivity index (χ3n) is 2.60. The average molecular weight is 296 g/mol. The second-order valence-corrected chi connectivity index (χ2v) is 4.64. The lowest BCUT2D eigenvalue weighted by Gasteiger charge is -2.18. The van der Waals surface area contributed by atoms with Crippen molar-refractivity contribution in [2.24, 2.45) is 7.05 Å². The summed E-state index contributed by atoms with van der Waals surface area (Å²) in [6.45, 7) is 0.0147. The fraction of sp³-hybridized carbons (Fsp3) is 0.250. The summed E-state index contributed by atoms with van der Waals surface area (Å²) in [4.78, 5) is 4.05. The van der Waals surface area contributed by atoms with Gasteiger partial charge in [-0.3, -0.25) is 0 Å². The van der Waals surface area contributed by atoms with E-state index >= 15 is 0 Å². The van der Waals surface area contributed by atoms with E-state index in [1.54, 1.807) is 12.5 Å². The minimum absolute atomic E-state index is 0.0147. The van der Waals surface area contributed by atoms with E-state index in [4.69, 9.17) is 0 Å². The highest BCUT2D eigenvalue weighted by molar-refractivity contribution is 9.10. The first-order chi connectivity index (χ1) is 8.22. The number of aromatic nitrogens is 2. The van der Waals surface area contributed by atoms with Gasteiger partial charge in [0.1, 0.15) is 0 Å². The highest BCUT2D eigenvalue weighted by atomic mass is 79.9. The first-order valence-electron chi connectivity index (χ1n) is 5.30. The van der Waals surface area contributed by atoms with Crippen molar-refractivity contribution in [1.29, 1.82) is 0 Å². The minimum Gasteiger partial charge on any atom is -0.394 e. The van der Waals surface area contributed by atoms with Gasteiger partial charge in [-0.05, 0) is 28.1 Å². The molecule has 0 bridgehead atoms. The Hall–Kier alpha value is -1.33. The van der Waals surface area contributed by atoms with Crippen LogP contribution in [-0.4, -0.2) is 21.3 Å². The Morgan fingerprint density at radius 3 is 2.82 bits per heavy atom. The lowest BCUT2D eigenvalue weighted by atomic mass is 10.2. The van der Waals surface area contributed by atoms with Crippen LogP contribution in [0, 0.1) is 0 Å². The summed E-state index contributed by atoms with van der Waals surface area (Å²) in [6.07, 6.45) is 3.48. The number of anilines is 1. The zero-order valence-corrected chi connectivity index (χ0v) is 11.1. The highest BCUT2D eigenvalue weighted by Gasteiger charge is 2.14. The van der Waals surface area contributed by atoms with Crippen LogP contribution in [-0.2, 0) is 7.05 Å². The molecule has 5 heteroatoms. The van der Waals surface area contributed by atoms with Gasteiger partial charge in [-0.15, -0.1) is 0 Å². The third kappa shape index (κ3) is 2.68.